The van der Waals surface area contributed by atoms with Gasteiger partial charge in [0, 0.05) is 36.8 Å². The van der Waals surface area contributed by atoms with Crippen LogP contribution in [0, 0.1) is 10.1 Å². The predicted molar refractivity (Wildman–Crippen MR) is 81.6 cm³/mol. The minimum absolute atomic E-state index is 0.121. The number of nitro benzene ring substituents is 1. The molecule has 0 radical (unpaired) electrons. The van der Waals surface area contributed by atoms with Gasteiger partial charge in [0.25, 0.3) is 5.69 Å². The van der Waals surface area contributed by atoms with E-state index < -0.39 is 0 Å². The van der Waals surface area contributed by atoms with Gasteiger partial charge in [-0.3, -0.25) is 15.0 Å². The van der Waals surface area contributed by atoms with E-state index in [1.807, 2.05) is 14.0 Å². The second-order valence-corrected chi connectivity index (χ2v) is 5.35. The fourth-order valence-electron chi connectivity index (χ4n) is 2.77. The van der Waals surface area contributed by atoms with Gasteiger partial charge in [0.2, 0.25) is 0 Å². The summed E-state index contributed by atoms with van der Waals surface area (Å²) in [6, 6.07) is 5.33. The van der Waals surface area contributed by atoms with Crippen LogP contribution in [0.3, 0.4) is 0 Å². The van der Waals surface area contributed by atoms with Crippen LogP contribution in [0.4, 0.5) is 5.69 Å². The van der Waals surface area contributed by atoms with E-state index in [-0.39, 0.29) is 10.6 Å². The van der Waals surface area contributed by atoms with Crippen molar-refractivity contribution in [3.63, 3.8) is 0 Å². The molecule has 0 aromatic heterocycles. The quantitative estimate of drug-likeness (QED) is 0.643. The van der Waals surface area contributed by atoms with Crippen molar-refractivity contribution in [3.05, 3.63) is 33.9 Å². The molecule has 0 aliphatic carbocycles. The lowest BCUT2D eigenvalue weighted by Gasteiger charge is -2.32. The highest BCUT2D eigenvalue weighted by atomic mass is 16.6. The Hall–Kier alpha value is -1.66. The van der Waals surface area contributed by atoms with E-state index in [0.717, 1.165) is 30.8 Å². The van der Waals surface area contributed by atoms with Crippen LogP contribution in [0.2, 0.25) is 0 Å². The zero-order chi connectivity index (χ0) is 15.2. The zero-order valence-electron chi connectivity index (χ0n) is 12.7. The van der Waals surface area contributed by atoms with Crippen LogP contribution in [0.1, 0.15) is 25.3 Å². The molecule has 1 aliphatic rings. The SMILES string of the molecule is CCOc1ccc([N+](=O)[O-])cc1CN1CCCC(NC)C1. The first kappa shape index (κ1) is 15.7. The predicted octanol–water partition coefficient (Wildman–Crippen LogP) is 2.18. The minimum atomic E-state index is -0.355. The van der Waals surface area contributed by atoms with E-state index in [0.29, 0.717) is 19.2 Å². The van der Waals surface area contributed by atoms with Crippen molar-refractivity contribution in [1.29, 1.82) is 0 Å². The molecule has 1 N–H and O–H groups in total. The Kier molecular flexibility index (Phi) is 5.52. The standard InChI is InChI=1S/C15H23N3O3/c1-3-21-15-7-6-14(18(19)20)9-12(15)10-17-8-4-5-13(11-17)16-2/h6-7,9,13,16H,3-5,8,10-11H2,1-2H3. The lowest BCUT2D eigenvalue weighted by Crippen LogP contribution is -2.43. The first-order chi connectivity index (χ1) is 10.1. The van der Waals surface area contributed by atoms with Crippen LogP contribution in [0.15, 0.2) is 18.2 Å². The van der Waals surface area contributed by atoms with E-state index in [1.165, 1.54) is 12.5 Å². The van der Waals surface area contributed by atoms with E-state index >= 15 is 0 Å². The van der Waals surface area contributed by atoms with Gasteiger partial charge in [0.1, 0.15) is 5.75 Å². The largest absolute Gasteiger partial charge is 0.494 e. The summed E-state index contributed by atoms with van der Waals surface area (Å²) in [5.74, 6) is 0.745. The van der Waals surface area contributed by atoms with Crippen molar-refractivity contribution in [1.82, 2.24) is 10.2 Å². The monoisotopic (exact) mass is 293 g/mol. The van der Waals surface area contributed by atoms with Gasteiger partial charge in [-0.15, -0.1) is 0 Å². The van der Waals surface area contributed by atoms with Crippen molar-refractivity contribution in [2.45, 2.75) is 32.4 Å². The van der Waals surface area contributed by atoms with Crippen LogP contribution >= 0.6 is 0 Å². The van der Waals surface area contributed by atoms with E-state index in [4.69, 9.17) is 4.74 Å². The number of nitrogens with one attached hydrogen (secondary N) is 1. The lowest BCUT2D eigenvalue weighted by molar-refractivity contribution is -0.385. The van der Waals surface area contributed by atoms with E-state index in [1.54, 1.807) is 12.1 Å². The highest BCUT2D eigenvalue weighted by Crippen LogP contribution is 2.26. The third-order valence-corrected chi connectivity index (χ3v) is 3.86. The number of likely N-dealkylation sites (tertiary alicyclic amines) is 1. The van der Waals surface area contributed by atoms with Crippen LogP contribution in [0.5, 0.6) is 5.75 Å². The first-order valence-corrected chi connectivity index (χ1v) is 7.43. The van der Waals surface area contributed by atoms with Crippen molar-refractivity contribution in [2.75, 3.05) is 26.7 Å². The number of rotatable bonds is 6. The Bertz CT molecular complexity index is 493. The van der Waals surface area contributed by atoms with Crippen LogP contribution in [0.25, 0.3) is 0 Å². The summed E-state index contributed by atoms with van der Waals surface area (Å²) >= 11 is 0. The first-order valence-electron chi connectivity index (χ1n) is 7.43. The van der Waals surface area contributed by atoms with Gasteiger partial charge < -0.3 is 10.1 Å². The molecule has 6 nitrogen and oxygen atoms in total. The molecule has 6 heteroatoms. The maximum Gasteiger partial charge on any atom is 0.270 e. The molecule has 1 aromatic carbocycles. The van der Waals surface area contributed by atoms with Crippen molar-refractivity contribution in [2.24, 2.45) is 0 Å². The van der Waals surface area contributed by atoms with E-state index in [9.17, 15) is 10.1 Å². The summed E-state index contributed by atoms with van der Waals surface area (Å²) in [6.07, 6.45) is 2.32. The van der Waals surface area contributed by atoms with E-state index in [2.05, 4.69) is 10.2 Å². The highest BCUT2D eigenvalue weighted by molar-refractivity contribution is 5.43. The van der Waals surface area contributed by atoms with Gasteiger partial charge in [0.05, 0.1) is 11.5 Å². The molecule has 0 bridgehead atoms. The van der Waals surface area contributed by atoms with Gasteiger partial charge >= 0.3 is 0 Å². The molecule has 1 aliphatic heterocycles. The van der Waals surface area contributed by atoms with Crippen molar-refractivity contribution in [3.8, 4) is 5.75 Å². The molecule has 116 valence electrons. The average Bonchev–Trinajstić information content (AvgIpc) is 2.49. The molecule has 1 saturated heterocycles. The molecule has 1 heterocycles. The number of hydrogen-bond acceptors (Lipinski definition) is 5. The van der Waals surface area contributed by atoms with Crippen molar-refractivity contribution >= 4 is 5.69 Å². The molecule has 1 unspecified atom stereocenters. The Morgan fingerprint density at radius 1 is 1.52 bits per heavy atom. The molecule has 0 saturated carbocycles. The average molecular weight is 293 g/mol. The molecular formula is C15H23N3O3. The number of piperidine rings is 1. The summed E-state index contributed by atoms with van der Waals surface area (Å²) in [5.41, 5.74) is 1.01. The number of ether oxygens (including phenoxy) is 1. The Labute approximate surface area is 125 Å². The number of non-ortho nitro benzene ring substituents is 1. The number of hydrogen-bond donors (Lipinski definition) is 1. The molecule has 0 amide bonds. The number of likely N-dealkylation sites (N-methyl/N-ethyl adjacent to an activating group) is 1. The Balaban J connectivity index is 2.15. The third-order valence-electron chi connectivity index (χ3n) is 3.86. The van der Waals surface area contributed by atoms with Crippen LogP contribution in [-0.4, -0.2) is 42.6 Å². The summed E-state index contributed by atoms with van der Waals surface area (Å²) in [4.78, 5) is 12.9. The smallest absolute Gasteiger partial charge is 0.270 e. The normalized spacial score (nSPS) is 19.4. The second kappa shape index (κ2) is 7.38. The summed E-state index contributed by atoms with van der Waals surface area (Å²) in [6.45, 7) is 5.15. The number of nitrogens with zero attached hydrogens (tertiary/aromatic N) is 2. The molecule has 1 atom stereocenters. The maximum atomic E-state index is 11.0. The topological polar surface area (TPSA) is 67.6 Å². The maximum absolute atomic E-state index is 11.0. The molecular weight excluding hydrogens is 270 g/mol. The molecule has 0 spiro atoms. The Morgan fingerprint density at radius 3 is 3.00 bits per heavy atom. The zero-order valence-corrected chi connectivity index (χ0v) is 12.7. The molecule has 2 rings (SSSR count). The fraction of sp³-hybridized carbons (Fsp3) is 0.600. The number of nitro groups is 1. The van der Waals surface area contributed by atoms with Gasteiger partial charge in [-0.05, 0) is 39.4 Å². The third kappa shape index (κ3) is 4.15. The van der Waals surface area contributed by atoms with Gasteiger partial charge in [-0.25, -0.2) is 0 Å². The lowest BCUT2D eigenvalue weighted by atomic mass is 10.0. The molecule has 1 fully saturated rings. The highest BCUT2D eigenvalue weighted by Gasteiger charge is 2.20. The number of benzene rings is 1. The van der Waals surface area contributed by atoms with Crippen molar-refractivity contribution < 1.29 is 9.66 Å². The summed E-state index contributed by atoms with van der Waals surface area (Å²) in [5, 5.41) is 14.3. The second-order valence-electron chi connectivity index (χ2n) is 5.35. The Morgan fingerprint density at radius 2 is 2.33 bits per heavy atom. The summed E-state index contributed by atoms with van der Waals surface area (Å²) in [7, 11) is 1.98. The van der Waals surface area contributed by atoms with Gasteiger partial charge in [-0.1, -0.05) is 0 Å². The summed E-state index contributed by atoms with van der Waals surface area (Å²) < 4.78 is 5.60. The minimum Gasteiger partial charge on any atom is -0.494 e. The van der Waals surface area contributed by atoms with Crippen LogP contribution in [-0.2, 0) is 6.54 Å². The van der Waals surface area contributed by atoms with Gasteiger partial charge in [-0.2, -0.15) is 0 Å². The van der Waals surface area contributed by atoms with Gasteiger partial charge in [0.15, 0.2) is 0 Å². The molecule has 21 heavy (non-hydrogen) atoms. The fourth-order valence-corrected chi connectivity index (χ4v) is 2.77. The molecule has 1 aromatic rings. The van der Waals surface area contributed by atoms with Crippen LogP contribution < -0.4 is 10.1 Å².